The van der Waals surface area contributed by atoms with Crippen LogP contribution in [0.5, 0.6) is 0 Å². The van der Waals surface area contributed by atoms with Crippen LogP contribution in [-0.2, 0) is 4.74 Å². The van der Waals surface area contributed by atoms with Gasteiger partial charge in [0.05, 0.1) is 13.2 Å². The van der Waals surface area contributed by atoms with Gasteiger partial charge in [-0.2, -0.15) is 0 Å². The predicted molar refractivity (Wildman–Crippen MR) is 105 cm³/mol. The zero-order valence-corrected chi connectivity index (χ0v) is 16.2. The molecule has 6 nitrogen and oxygen atoms in total. The van der Waals surface area contributed by atoms with Crippen LogP contribution in [-0.4, -0.2) is 73.9 Å². The third-order valence-electron chi connectivity index (χ3n) is 6.08. The summed E-state index contributed by atoms with van der Waals surface area (Å²) in [6.45, 7) is 11.2. The summed E-state index contributed by atoms with van der Waals surface area (Å²) in [5.74, 6) is 3.95. The highest BCUT2D eigenvalue weighted by atomic mass is 16.5. The average Bonchev–Trinajstić information content (AvgIpc) is 2.70. The van der Waals surface area contributed by atoms with Gasteiger partial charge in [0.1, 0.15) is 17.5 Å². The minimum Gasteiger partial charge on any atom is -0.378 e. The molecule has 0 atom stereocenters. The molecule has 6 heteroatoms. The van der Waals surface area contributed by atoms with Gasteiger partial charge in [-0.05, 0) is 25.7 Å². The molecule has 0 amide bonds. The van der Waals surface area contributed by atoms with Crippen molar-refractivity contribution >= 4 is 11.6 Å². The molecule has 0 radical (unpaired) electrons. The highest BCUT2D eigenvalue weighted by Gasteiger charge is 2.23. The maximum absolute atomic E-state index is 5.47. The Morgan fingerprint density at radius 3 is 2.15 bits per heavy atom. The molecule has 2 saturated heterocycles. The Hall–Kier alpha value is -1.40. The molecule has 0 spiro atoms. The van der Waals surface area contributed by atoms with E-state index < -0.39 is 0 Å². The van der Waals surface area contributed by atoms with Gasteiger partial charge in [0.15, 0.2) is 0 Å². The van der Waals surface area contributed by atoms with Crippen molar-refractivity contribution in [3.63, 3.8) is 0 Å². The van der Waals surface area contributed by atoms with Gasteiger partial charge in [-0.25, -0.2) is 9.97 Å². The Morgan fingerprint density at radius 1 is 0.885 bits per heavy atom. The molecular formula is C20H33N5O. The van der Waals surface area contributed by atoms with Crippen molar-refractivity contribution in [2.45, 2.75) is 39.0 Å². The second-order valence-corrected chi connectivity index (χ2v) is 8.02. The molecule has 26 heavy (non-hydrogen) atoms. The third-order valence-corrected chi connectivity index (χ3v) is 6.08. The molecule has 0 unspecified atom stereocenters. The number of piperazine rings is 1. The number of hydrogen-bond donors (Lipinski definition) is 0. The second kappa shape index (κ2) is 8.53. The molecule has 0 bridgehead atoms. The summed E-state index contributed by atoms with van der Waals surface area (Å²) in [4.78, 5) is 16.8. The maximum Gasteiger partial charge on any atom is 0.134 e. The van der Waals surface area contributed by atoms with E-state index in [9.17, 15) is 0 Å². The Bertz CT molecular complexity index is 576. The Kier molecular flexibility index (Phi) is 5.90. The lowest BCUT2D eigenvalue weighted by atomic mass is 9.89. The summed E-state index contributed by atoms with van der Waals surface area (Å²) in [5.41, 5.74) is 0. The Labute approximate surface area is 157 Å². The lowest BCUT2D eigenvalue weighted by Crippen LogP contribution is -2.48. The van der Waals surface area contributed by atoms with Crippen LogP contribution in [0, 0.1) is 12.8 Å². The molecule has 1 aromatic heterocycles. The Balaban J connectivity index is 1.35. The van der Waals surface area contributed by atoms with Crippen molar-refractivity contribution in [2.75, 3.05) is 68.8 Å². The van der Waals surface area contributed by atoms with Crippen molar-refractivity contribution in [1.82, 2.24) is 14.9 Å². The number of aryl methyl sites for hydroxylation is 1. The molecule has 144 valence electrons. The SMILES string of the molecule is Cc1nc(N2CCOCC2)cc(N2CCN(CC3CCCCC3)CC2)n1. The lowest BCUT2D eigenvalue weighted by molar-refractivity contribution is 0.122. The van der Waals surface area contributed by atoms with Gasteiger partial charge in [-0.15, -0.1) is 0 Å². The van der Waals surface area contributed by atoms with Crippen molar-refractivity contribution < 1.29 is 4.74 Å². The van der Waals surface area contributed by atoms with Crippen molar-refractivity contribution in [3.8, 4) is 0 Å². The number of nitrogens with zero attached hydrogens (tertiary/aromatic N) is 5. The standard InChI is InChI=1S/C20H33N5O/c1-17-21-19(15-20(22-17)25-11-13-26-14-12-25)24-9-7-23(8-10-24)16-18-5-3-2-4-6-18/h15,18H,2-14,16H2,1H3. The summed E-state index contributed by atoms with van der Waals surface area (Å²) in [6.07, 6.45) is 7.20. The van der Waals surface area contributed by atoms with Gasteiger partial charge in [0.25, 0.3) is 0 Å². The fraction of sp³-hybridized carbons (Fsp3) is 0.800. The van der Waals surface area contributed by atoms with E-state index in [1.165, 1.54) is 38.6 Å². The third kappa shape index (κ3) is 4.46. The van der Waals surface area contributed by atoms with Gasteiger partial charge in [-0.1, -0.05) is 19.3 Å². The van der Waals surface area contributed by atoms with E-state index in [1.807, 2.05) is 6.92 Å². The number of anilines is 2. The summed E-state index contributed by atoms with van der Waals surface area (Å²) < 4.78 is 5.47. The van der Waals surface area contributed by atoms with E-state index >= 15 is 0 Å². The number of hydrogen-bond acceptors (Lipinski definition) is 6. The number of rotatable bonds is 4. The summed E-state index contributed by atoms with van der Waals surface area (Å²) in [6, 6.07) is 2.18. The van der Waals surface area contributed by atoms with Crippen LogP contribution in [0.25, 0.3) is 0 Å². The molecule has 1 aromatic rings. The largest absolute Gasteiger partial charge is 0.378 e. The fourth-order valence-corrected chi connectivity index (χ4v) is 4.55. The minimum absolute atomic E-state index is 0.790. The van der Waals surface area contributed by atoms with Gasteiger partial charge < -0.3 is 14.5 Å². The first-order valence-electron chi connectivity index (χ1n) is 10.4. The van der Waals surface area contributed by atoms with E-state index in [-0.39, 0.29) is 0 Å². The van der Waals surface area contributed by atoms with Crippen LogP contribution >= 0.6 is 0 Å². The predicted octanol–water partition coefficient (Wildman–Crippen LogP) is 2.32. The number of morpholine rings is 1. The highest BCUT2D eigenvalue weighted by Crippen LogP contribution is 2.26. The van der Waals surface area contributed by atoms with Crippen molar-refractivity contribution in [2.24, 2.45) is 5.92 Å². The lowest BCUT2D eigenvalue weighted by Gasteiger charge is -2.38. The fourth-order valence-electron chi connectivity index (χ4n) is 4.55. The molecule has 1 saturated carbocycles. The summed E-state index contributed by atoms with van der Waals surface area (Å²) in [5, 5.41) is 0. The van der Waals surface area contributed by atoms with Crippen molar-refractivity contribution in [3.05, 3.63) is 11.9 Å². The van der Waals surface area contributed by atoms with Crippen LogP contribution in [0.1, 0.15) is 37.9 Å². The van der Waals surface area contributed by atoms with E-state index in [1.54, 1.807) is 0 Å². The zero-order chi connectivity index (χ0) is 17.8. The molecule has 3 heterocycles. The van der Waals surface area contributed by atoms with Crippen LogP contribution < -0.4 is 9.80 Å². The molecule has 0 aromatic carbocycles. The zero-order valence-electron chi connectivity index (χ0n) is 16.2. The molecule has 3 fully saturated rings. The molecule has 4 rings (SSSR count). The van der Waals surface area contributed by atoms with Gasteiger partial charge in [-0.3, -0.25) is 4.90 Å². The first-order chi connectivity index (χ1) is 12.8. The summed E-state index contributed by atoms with van der Waals surface area (Å²) in [7, 11) is 0. The minimum atomic E-state index is 0.790. The average molecular weight is 360 g/mol. The van der Waals surface area contributed by atoms with Crippen LogP contribution in [0.3, 0.4) is 0 Å². The molecule has 3 aliphatic rings. The van der Waals surface area contributed by atoms with Gasteiger partial charge in [0, 0.05) is 51.9 Å². The van der Waals surface area contributed by atoms with Crippen molar-refractivity contribution in [1.29, 1.82) is 0 Å². The first kappa shape index (κ1) is 18.0. The van der Waals surface area contributed by atoms with E-state index in [4.69, 9.17) is 9.72 Å². The van der Waals surface area contributed by atoms with Crippen LogP contribution in [0.4, 0.5) is 11.6 Å². The molecule has 2 aliphatic heterocycles. The van der Waals surface area contributed by atoms with E-state index in [2.05, 4.69) is 25.8 Å². The number of aromatic nitrogens is 2. The molecular weight excluding hydrogens is 326 g/mol. The van der Waals surface area contributed by atoms with Gasteiger partial charge in [0.2, 0.25) is 0 Å². The second-order valence-electron chi connectivity index (χ2n) is 8.02. The monoisotopic (exact) mass is 359 g/mol. The first-order valence-corrected chi connectivity index (χ1v) is 10.4. The smallest absolute Gasteiger partial charge is 0.134 e. The maximum atomic E-state index is 5.47. The summed E-state index contributed by atoms with van der Waals surface area (Å²) >= 11 is 0. The van der Waals surface area contributed by atoms with Crippen LogP contribution in [0.2, 0.25) is 0 Å². The molecule has 1 aliphatic carbocycles. The quantitative estimate of drug-likeness (QED) is 0.822. The van der Waals surface area contributed by atoms with Gasteiger partial charge >= 0.3 is 0 Å². The normalized spacial score (nSPS) is 23.4. The Morgan fingerprint density at radius 2 is 1.50 bits per heavy atom. The topological polar surface area (TPSA) is 44.7 Å². The van der Waals surface area contributed by atoms with E-state index in [0.717, 1.165) is 75.9 Å². The van der Waals surface area contributed by atoms with Crippen LogP contribution in [0.15, 0.2) is 6.07 Å². The number of ether oxygens (including phenoxy) is 1. The van der Waals surface area contributed by atoms with E-state index in [0.29, 0.717) is 0 Å². The molecule has 0 N–H and O–H groups in total. The highest BCUT2D eigenvalue weighted by molar-refractivity contribution is 5.51.